The van der Waals surface area contributed by atoms with Crippen molar-refractivity contribution in [2.45, 2.75) is 4.90 Å². The van der Waals surface area contributed by atoms with Gasteiger partial charge >= 0.3 is 0 Å². The molecule has 0 saturated heterocycles. The summed E-state index contributed by atoms with van der Waals surface area (Å²) >= 11 is 0. The molecule has 0 unspecified atom stereocenters. The number of fused-ring (bicyclic) bond motifs is 2. The third kappa shape index (κ3) is 6.55. The predicted octanol–water partition coefficient (Wildman–Crippen LogP) is 6.66. The Morgan fingerprint density at radius 2 is 1.30 bits per heavy atom. The van der Waals surface area contributed by atoms with Gasteiger partial charge in [0.2, 0.25) is 5.78 Å². The summed E-state index contributed by atoms with van der Waals surface area (Å²) in [6.45, 7) is 0. The number of nitrogens with two attached hydrogens (primary N) is 1. The smallest absolute Gasteiger partial charge is 0.295 e. The van der Waals surface area contributed by atoms with Gasteiger partial charge in [-0.2, -0.15) is 21.9 Å². The second kappa shape index (κ2) is 13.2. The number of carbonyl (C=O) groups excluding carboxylic acids is 1. The molecule has 14 nitrogen and oxygen atoms in total. The molecule has 0 aliphatic heterocycles. The monoisotopic (exact) mass is 713 g/mol. The van der Waals surface area contributed by atoms with Crippen molar-refractivity contribution in [3.05, 3.63) is 108 Å². The number of nitrogen functional groups attached to an aromatic ring is 1. The molecule has 6 rings (SSSR count). The number of ether oxygens (including phenoxy) is 2. The van der Waals surface area contributed by atoms with E-state index in [9.17, 15) is 30.7 Å². The number of benzene rings is 5. The fraction of sp³-hybridized carbons (Fsp3) is 0.0588. The fourth-order valence-electron chi connectivity index (χ4n) is 5.38. The van der Waals surface area contributed by atoms with Crippen molar-refractivity contribution in [2.24, 2.45) is 15.3 Å². The highest BCUT2D eigenvalue weighted by Gasteiger charge is 2.30. The number of allylic oxidation sites excluding steroid dienone is 1. The number of hydrazone groups is 1. The van der Waals surface area contributed by atoms with Gasteiger partial charge in [-0.05, 0) is 47.5 Å². The Hall–Kier alpha value is -5.94. The summed E-state index contributed by atoms with van der Waals surface area (Å²) in [5.74, 6) is 0.118. The average molecular weight is 714 g/mol. The molecule has 0 atom stereocenters. The number of Topliss-reactive ketones (excluding diaryl/α,β-unsaturated/α-hetero) is 1. The van der Waals surface area contributed by atoms with Gasteiger partial charge in [-0.3, -0.25) is 19.3 Å². The van der Waals surface area contributed by atoms with E-state index in [-0.39, 0.29) is 38.5 Å². The molecule has 0 spiro atoms. The van der Waals surface area contributed by atoms with Crippen molar-refractivity contribution >= 4 is 70.2 Å². The van der Waals surface area contributed by atoms with Crippen LogP contribution in [-0.4, -0.2) is 51.7 Å². The number of rotatable bonds is 9. The zero-order valence-corrected chi connectivity index (χ0v) is 27.9. The first-order valence-electron chi connectivity index (χ1n) is 14.5. The summed E-state index contributed by atoms with van der Waals surface area (Å²) < 4.78 is 78.9. The third-order valence-corrected chi connectivity index (χ3v) is 9.58. The van der Waals surface area contributed by atoms with E-state index in [1.54, 1.807) is 66.7 Å². The van der Waals surface area contributed by atoms with E-state index >= 15 is 0 Å². The van der Waals surface area contributed by atoms with Crippen LogP contribution in [0.4, 0.5) is 22.7 Å². The number of carbonyl (C=O) groups is 1. The molecule has 1 aliphatic carbocycles. The largest absolute Gasteiger partial charge is 0.494 e. The lowest BCUT2D eigenvalue weighted by Crippen LogP contribution is -2.22. The zero-order chi connectivity index (χ0) is 35.8. The summed E-state index contributed by atoms with van der Waals surface area (Å²) in [4.78, 5) is 12.2. The van der Waals surface area contributed by atoms with Crippen molar-refractivity contribution in [3.63, 3.8) is 0 Å². The van der Waals surface area contributed by atoms with Crippen molar-refractivity contribution in [3.8, 4) is 22.6 Å². The molecule has 16 heteroatoms. The van der Waals surface area contributed by atoms with Crippen molar-refractivity contribution < 1.29 is 40.2 Å². The van der Waals surface area contributed by atoms with Gasteiger partial charge in [-0.1, -0.05) is 60.7 Å². The lowest BCUT2D eigenvalue weighted by Gasteiger charge is -2.16. The number of nitrogens with zero attached hydrogens (tertiary/aromatic N) is 3. The number of azo groups is 1. The van der Waals surface area contributed by atoms with Crippen molar-refractivity contribution in [1.82, 2.24) is 0 Å². The molecule has 0 saturated carbocycles. The first kappa shape index (κ1) is 33.9. The van der Waals surface area contributed by atoms with Crippen LogP contribution in [0.5, 0.6) is 11.5 Å². The summed E-state index contributed by atoms with van der Waals surface area (Å²) in [5.41, 5.74) is 11.2. The van der Waals surface area contributed by atoms with Crippen LogP contribution in [-0.2, 0) is 20.2 Å². The van der Waals surface area contributed by atoms with Crippen LogP contribution in [0.1, 0.15) is 15.9 Å². The van der Waals surface area contributed by atoms with E-state index in [1.165, 1.54) is 32.4 Å². The molecule has 5 N–H and O–H groups in total. The van der Waals surface area contributed by atoms with Crippen molar-refractivity contribution in [2.75, 3.05) is 25.4 Å². The predicted molar refractivity (Wildman–Crippen MR) is 189 cm³/mol. The molecular formula is C34H27N5O9S2. The standard InChI is InChI=1S/C34H27N5O9S2/c1-47-29-15-19(11-13-25(29)36-38-27-17-31(49(41,42)43)21-7-3-5-9-23(21)33(27)35)20-12-14-26(30(16-20)48-2)37-39-28-18-32(50(44,45)46)22-8-4-6-10-24(22)34(28)40/h3-18,37H,35H2,1-2H3,(H,41,42,43)(H,44,45,46)/b38-36?,39-28+. The van der Waals surface area contributed by atoms with E-state index in [4.69, 9.17) is 15.2 Å². The van der Waals surface area contributed by atoms with Crippen LogP contribution in [0.25, 0.3) is 26.8 Å². The maximum Gasteiger partial charge on any atom is 0.295 e. The summed E-state index contributed by atoms with van der Waals surface area (Å²) in [7, 11) is -6.37. The lowest BCUT2D eigenvalue weighted by molar-refractivity contribution is 0.106. The molecule has 254 valence electrons. The number of ketones is 1. The summed E-state index contributed by atoms with van der Waals surface area (Å²) in [6.07, 6.45) is 1.00. The van der Waals surface area contributed by atoms with Gasteiger partial charge < -0.3 is 15.2 Å². The number of methoxy groups -OCH3 is 2. The second-order valence-electron chi connectivity index (χ2n) is 10.8. The molecule has 5 aromatic carbocycles. The first-order chi connectivity index (χ1) is 23.8. The maximum absolute atomic E-state index is 13.1. The first-order valence-corrected chi connectivity index (χ1v) is 17.4. The minimum absolute atomic E-state index is 0.0303. The summed E-state index contributed by atoms with van der Waals surface area (Å²) in [5, 5.41) is 13.2. The van der Waals surface area contributed by atoms with Gasteiger partial charge in [0, 0.05) is 21.9 Å². The van der Waals surface area contributed by atoms with E-state index in [0.29, 0.717) is 39.4 Å². The van der Waals surface area contributed by atoms with Gasteiger partial charge in [0.05, 0.1) is 25.6 Å². The SMILES string of the molecule is COc1cc(-c2ccc(N/N=C3\C=C(S(=O)(=O)O)c4ccccc4C3=O)c(OC)c2)ccc1N=Nc1cc(S(=O)(=O)O)c2ccccc2c1N. The lowest BCUT2D eigenvalue weighted by atomic mass is 9.95. The van der Waals surface area contributed by atoms with Crippen LogP contribution in [0.15, 0.2) is 117 Å². The average Bonchev–Trinajstić information content (AvgIpc) is 3.10. The maximum atomic E-state index is 13.1. The molecule has 0 radical (unpaired) electrons. The van der Waals surface area contributed by atoms with E-state index in [0.717, 1.165) is 12.1 Å². The Balaban J connectivity index is 1.29. The number of nitrogens with one attached hydrogen (secondary N) is 1. The molecular weight excluding hydrogens is 687 g/mol. The molecule has 1 aliphatic rings. The molecule has 50 heavy (non-hydrogen) atoms. The Morgan fingerprint density at radius 1 is 0.700 bits per heavy atom. The Morgan fingerprint density at radius 3 is 1.96 bits per heavy atom. The van der Waals surface area contributed by atoms with Crippen LogP contribution < -0.4 is 20.6 Å². The third-order valence-electron chi connectivity index (χ3n) is 7.80. The Kier molecular flexibility index (Phi) is 8.94. The minimum Gasteiger partial charge on any atom is -0.494 e. The highest BCUT2D eigenvalue weighted by Crippen LogP contribution is 2.40. The van der Waals surface area contributed by atoms with Crippen molar-refractivity contribution in [1.29, 1.82) is 0 Å². The van der Waals surface area contributed by atoms with Crippen LogP contribution in [0.3, 0.4) is 0 Å². The van der Waals surface area contributed by atoms with Crippen LogP contribution in [0.2, 0.25) is 0 Å². The normalized spacial score (nSPS) is 14.1. The highest BCUT2D eigenvalue weighted by molar-refractivity contribution is 7.95. The molecule has 0 fully saturated rings. The Labute approximate surface area is 286 Å². The number of anilines is 2. The number of hydrogen-bond acceptors (Lipinski definition) is 12. The van der Waals surface area contributed by atoms with Crippen LogP contribution in [0, 0.1) is 0 Å². The topological polar surface area (TPSA) is 219 Å². The summed E-state index contributed by atoms with van der Waals surface area (Å²) in [6, 6.07) is 23.7. The second-order valence-corrected chi connectivity index (χ2v) is 13.6. The molecule has 0 aromatic heterocycles. The zero-order valence-electron chi connectivity index (χ0n) is 26.2. The van der Waals surface area contributed by atoms with E-state index < -0.39 is 30.9 Å². The number of hydrogen-bond donors (Lipinski definition) is 4. The fourth-order valence-corrected chi connectivity index (χ4v) is 6.81. The van der Waals surface area contributed by atoms with E-state index in [2.05, 4.69) is 20.8 Å². The minimum atomic E-state index is -4.66. The van der Waals surface area contributed by atoms with Gasteiger partial charge in [-0.25, -0.2) is 0 Å². The molecule has 0 amide bonds. The molecule has 5 aromatic rings. The van der Waals surface area contributed by atoms with E-state index in [1.807, 2.05) is 0 Å². The molecule has 0 bridgehead atoms. The van der Waals surface area contributed by atoms with Gasteiger partial charge in [-0.15, -0.1) is 10.2 Å². The highest BCUT2D eigenvalue weighted by atomic mass is 32.2. The van der Waals surface area contributed by atoms with Gasteiger partial charge in [0.15, 0.2) is 0 Å². The quantitative estimate of drug-likeness (QED) is 0.0547. The van der Waals surface area contributed by atoms with Gasteiger partial charge in [0.1, 0.15) is 38.4 Å². The van der Waals surface area contributed by atoms with Crippen LogP contribution >= 0.6 is 0 Å². The Bertz CT molecular complexity index is 2530. The molecule has 0 heterocycles. The van der Waals surface area contributed by atoms with Gasteiger partial charge in [0.25, 0.3) is 20.2 Å².